The monoisotopic (exact) mass is 398 g/mol. The molecule has 2 heterocycles. The van der Waals surface area contributed by atoms with Crippen molar-refractivity contribution in [2.75, 3.05) is 0 Å². The molecule has 0 aliphatic carbocycles. The van der Waals surface area contributed by atoms with Crippen LogP contribution in [-0.4, -0.2) is 31.7 Å². The van der Waals surface area contributed by atoms with E-state index in [1.165, 1.54) is 24.3 Å². The Balaban J connectivity index is 1.97. The maximum absolute atomic E-state index is 13.2. The average Bonchev–Trinajstić information content (AvgIpc) is 3.10. The van der Waals surface area contributed by atoms with Crippen molar-refractivity contribution in [1.29, 1.82) is 0 Å². The lowest BCUT2D eigenvalue weighted by molar-refractivity contribution is -0.137. The maximum Gasteiger partial charge on any atom is 0.305 e. The minimum absolute atomic E-state index is 0.122. The summed E-state index contributed by atoms with van der Waals surface area (Å²) in [5, 5.41) is 17.0. The summed E-state index contributed by atoms with van der Waals surface area (Å²) in [6.45, 7) is 5.85. The number of pyridine rings is 1. The summed E-state index contributed by atoms with van der Waals surface area (Å²) >= 11 is 0. The lowest BCUT2D eigenvalue weighted by atomic mass is 10.0. The summed E-state index contributed by atoms with van der Waals surface area (Å²) in [6.07, 6.45) is 2.14. The summed E-state index contributed by atoms with van der Waals surface area (Å²) in [5.41, 5.74) is 2.16. The van der Waals surface area contributed by atoms with E-state index in [0.717, 1.165) is 6.42 Å². The first kappa shape index (κ1) is 20.4. The highest BCUT2D eigenvalue weighted by atomic mass is 19.1. The van der Waals surface area contributed by atoms with Crippen molar-refractivity contribution in [2.24, 2.45) is 0 Å². The molecular formula is C21H23FN4O3. The predicted molar refractivity (Wildman–Crippen MR) is 106 cm³/mol. The largest absolute Gasteiger partial charge is 0.481 e. The van der Waals surface area contributed by atoms with Gasteiger partial charge in [0.2, 0.25) is 0 Å². The molecule has 0 aliphatic rings. The molecule has 3 aromatic rings. The van der Waals surface area contributed by atoms with E-state index in [9.17, 15) is 19.1 Å². The highest BCUT2D eigenvalue weighted by Gasteiger charge is 2.22. The number of carbonyl (C=O) groups excluding carboxylic acids is 1. The third-order valence-corrected chi connectivity index (χ3v) is 4.90. The molecule has 1 aromatic carbocycles. The molecule has 8 heteroatoms. The molecule has 2 atom stereocenters. The van der Waals surface area contributed by atoms with Crippen molar-refractivity contribution in [2.45, 2.75) is 45.7 Å². The van der Waals surface area contributed by atoms with Gasteiger partial charge in [-0.25, -0.2) is 14.1 Å². The summed E-state index contributed by atoms with van der Waals surface area (Å²) in [7, 11) is 0. The molecular weight excluding hydrogens is 375 g/mol. The SMILES string of the molecule is CCC(C)n1ncc2c(C(=O)NC(CC(=O)O)c3ccc(F)cc3)cc(C)nc21. The summed E-state index contributed by atoms with van der Waals surface area (Å²) in [5.74, 6) is -1.93. The van der Waals surface area contributed by atoms with Gasteiger partial charge in [0.15, 0.2) is 5.65 Å². The first-order valence-corrected chi connectivity index (χ1v) is 9.43. The van der Waals surface area contributed by atoms with Gasteiger partial charge >= 0.3 is 5.97 Å². The van der Waals surface area contributed by atoms with Crippen LogP contribution in [0.1, 0.15) is 60.4 Å². The number of aryl methyl sites for hydroxylation is 1. The van der Waals surface area contributed by atoms with Crippen molar-refractivity contribution in [1.82, 2.24) is 20.1 Å². The normalized spacial score (nSPS) is 13.2. The molecule has 0 bridgehead atoms. The summed E-state index contributed by atoms with van der Waals surface area (Å²) in [6, 6.07) is 6.39. The highest BCUT2D eigenvalue weighted by molar-refractivity contribution is 6.05. The molecule has 0 aliphatic heterocycles. The second-order valence-corrected chi connectivity index (χ2v) is 7.07. The van der Waals surface area contributed by atoms with Gasteiger partial charge in [0.05, 0.1) is 35.7 Å². The number of aliphatic carboxylic acids is 1. The third kappa shape index (κ3) is 4.42. The fourth-order valence-corrected chi connectivity index (χ4v) is 3.18. The maximum atomic E-state index is 13.2. The van der Waals surface area contributed by atoms with Crippen LogP contribution < -0.4 is 5.32 Å². The summed E-state index contributed by atoms with van der Waals surface area (Å²) in [4.78, 5) is 28.9. The molecule has 2 unspecified atom stereocenters. The number of hydrogen-bond acceptors (Lipinski definition) is 4. The van der Waals surface area contributed by atoms with Gasteiger partial charge in [-0.3, -0.25) is 9.59 Å². The number of nitrogens with one attached hydrogen (secondary N) is 1. The third-order valence-electron chi connectivity index (χ3n) is 4.90. The fraction of sp³-hybridized carbons (Fsp3) is 0.333. The molecule has 3 rings (SSSR count). The van der Waals surface area contributed by atoms with Crippen molar-refractivity contribution in [3.8, 4) is 0 Å². The smallest absolute Gasteiger partial charge is 0.305 e. The number of nitrogens with zero attached hydrogens (tertiary/aromatic N) is 3. The molecule has 0 saturated carbocycles. The Morgan fingerprint density at radius 1 is 1.28 bits per heavy atom. The van der Waals surface area contributed by atoms with Crippen molar-refractivity contribution >= 4 is 22.9 Å². The number of carboxylic acids is 1. The molecule has 29 heavy (non-hydrogen) atoms. The van der Waals surface area contributed by atoms with E-state index in [4.69, 9.17) is 0 Å². The number of aromatic nitrogens is 3. The van der Waals surface area contributed by atoms with E-state index >= 15 is 0 Å². The van der Waals surface area contributed by atoms with Crippen LogP contribution in [0.5, 0.6) is 0 Å². The molecule has 0 saturated heterocycles. The van der Waals surface area contributed by atoms with Gasteiger partial charge < -0.3 is 10.4 Å². The number of fused-ring (bicyclic) bond motifs is 1. The van der Waals surface area contributed by atoms with Crippen LogP contribution in [0.4, 0.5) is 4.39 Å². The quantitative estimate of drug-likeness (QED) is 0.631. The molecule has 152 valence electrons. The molecule has 0 spiro atoms. The Morgan fingerprint density at radius 2 is 1.97 bits per heavy atom. The number of benzene rings is 1. The van der Waals surface area contributed by atoms with Gasteiger partial charge in [-0.05, 0) is 44.0 Å². The minimum Gasteiger partial charge on any atom is -0.481 e. The van der Waals surface area contributed by atoms with Crippen molar-refractivity contribution in [3.05, 3.63) is 59.2 Å². The second-order valence-electron chi connectivity index (χ2n) is 7.07. The highest BCUT2D eigenvalue weighted by Crippen LogP contribution is 2.24. The molecule has 2 aromatic heterocycles. The number of amides is 1. The van der Waals surface area contributed by atoms with Gasteiger partial charge in [0.1, 0.15) is 5.82 Å². The Bertz CT molecular complexity index is 1050. The standard InChI is InChI=1S/C21H23FN4O3/c1-4-13(3)26-20-17(11-23-26)16(9-12(2)24-20)21(29)25-18(10-19(27)28)14-5-7-15(22)8-6-14/h5-9,11,13,18H,4,10H2,1-3H3,(H,25,29)(H,27,28). The van der Waals surface area contributed by atoms with Gasteiger partial charge in [-0.1, -0.05) is 19.1 Å². The lowest BCUT2D eigenvalue weighted by Gasteiger charge is -2.18. The van der Waals surface area contributed by atoms with Crippen LogP contribution in [0, 0.1) is 12.7 Å². The minimum atomic E-state index is -1.07. The lowest BCUT2D eigenvalue weighted by Crippen LogP contribution is -2.30. The predicted octanol–water partition coefficient (Wildman–Crippen LogP) is 3.80. The molecule has 0 fully saturated rings. The molecule has 1 amide bonds. The van der Waals surface area contributed by atoms with Crippen molar-refractivity contribution < 1.29 is 19.1 Å². The average molecular weight is 398 g/mol. The van der Waals surface area contributed by atoms with E-state index in [1.807, 2.05) is 13.8 Å². The van der Waals surface area contributed by atoms with E-state index in [0.29, 0.717) is 27.9 Å². The van der Waals surface area contributed by atoms with Gasteiger partial charge in [0.25, 0.3) is 5.91 Å². The zero-order valence-electron chi connectivity index (χ0n) is 16.5. The molecule has 7 nitrogen and oxygen atoms in total. The zero-order chi connectivity index (χ0) is 21.1. The number of carboxylic acid groups (broad SMARTS) is 1. The van der Waals surface area contributed by atoms with E-state index in [2.05, 4.69) is 15.4 Å². The van der Waals surface area contributed by atoms with Crippen LogP contribution >= 0.6 is 0 Å². The van der Waals surface area contributed by atoms with Gasteiger partial charge in [-0.2, -0.15) is 5.10 Å². The van der Waals surface area contributed by atoms with Crippen LogP contribution in [0.3, 0.4) is 0 Å². The first-order valence-electron chi connectivity index (χ1n) is 9.43. The van der Waals surface area contributed by atoms with Crippen LogP contribution in [0.2, 0.25) is 0 Å². The second kappa shape index (κ2) is 8.38. The van der Waals surface area contributed by atoms with E-state index < -0.39 is 23.7 Å². The van der Waals surface area contributed by atoms with Crippen molar-refractivity contribution in [3.63, 3.8) is 0 Å². The fourth-order valence-electron chi connectivity index (χ4n) is 3.18. The molecule has 2 N–H and O–H groups in total. The van der Waals surface area contributed by atoms with Crippen LogP contribution in [0.15, 0.2) is 36.5 Å². The Kier molecular flexibility index (Phi) is 5.91. The zero-order valence-corrected chi connectivity index (χ0v) is 16.5. The Labute approximate surface area is 167 Å². The summed E-state index contributed by atoms with van der Waals surface area (Å²) < 4.78 is 15.0. The van der Waals surface area contributed by atoms with Gasteiger partial charge in [0, 0.05) is 5.69 Å². The Hall–Kier alpha value is -3.29. The molecule has 0 radical (unpaired) electrons. The number of halogens is 1. The Morgan fingerprint density at radius 3 is 2.59 bits per heavy atom. The number of rotatable bonds is 7. The van der Waals surface area contributed by atoms with E-state index in [-0.39, 0.29) is 12.5 Å². The first-order chi connectivity index (χ1) is 13.8. The van der Waals surface area contributed by atoms with Crippen LogP contribution in [-0.2, 0) is 4.79 Å². The topological polar surface area (TPSA) is 97.1 Å². The van der Waals surface area contributed by atoms with E-state index in [1.54, 1.807) is 23.9 Å². The number of hydrogen-bond donors (Lipinski definition) is 2. The van der Waals surface area contributed by atoms with Crippen LogP contribution in [0.25, 0.3) is 11.0 Å². The van der Waals surface area contributed by atoms with Gasteiger partial charge in [-0.15, -0.1) is 0 Å². The number of carbonyl (C=O) groups is 2.